The number of hydrogen-bond acceptors (Lipinski definition) is 2. The highest BCUT2D eigenvalue weighted by Gasteiger charge is 2.60. The Kier molecular flexibility index (Phi) is 6.19. The van der Waals surface area contributed by atoms with Crippen molar-refractivity contribution in [3.8, 4) is 0 Å². The van der Waals surface area contributed by atoms with Gasteiger partial charge in [-0.25, -0.2) is 0 Å². The maximum absolute atomic E-state index is 10.3. The van der Waals surface area contributed by atoms with Crippen molar-refractivity contribution >= 4 is 0 Å². The summed E-state index contributed by atoms with van der Waals surface area (Å²) < 4.78 is 0. The van der Waals surface area contributed by atoms with Crippen molar-refractivity contribution in [2.24, 2.45) is 52.3 Å². The Bertz CT molecular complexity index is 573. The van der Waals surface area contributed by atoms with E-state index in [2.05, 4.69) is 34.6 Å². The molecule has 4 fully saturated rings. The largest absolute Gasteiger partial charge is 0.393 e. The monoisotopic (exact) mass is 404 g/mol. The van der Waals surface area contributed by atoms with E-state index in [-0.39, 0.29) is 12.2 Å². The smallest absolute Gasteiger partial charge is 0.0563 e. The molecule has 0 aromatic heterocycles. The Morgan fingerprint density at radius 3 is 2.24 bits per heavy atom. The first kappa shape index (κ1) is 22.1. The van der Waals surface area contributed by atoms with Crippen LogP contribution in [0.15, 0.2) is 0 Å². The zero-order valence-electron chi connectivity index (χ0n) is 19.9. The van der Waals surface area contributed by atoms with Crippen molar-refractivity contribution < 1.29 is 10.2 Å². The van der Waals surface area contributed by atoms with Crippen molar-refractivity contribution in [2.75, 3.05) is 0 Å². The van der Waals surface area contributed by atoms with Gasteiger partial charge in [-0.15, -0.1) is 0 Å². The second-order valence-electron chi connectivity index (χ2n) is 12.7. The number of fused-ring (bicyclic) bond motifs is 5. The molecule has 2 heteroatoms. The van der Waals surface area contributed by atoms with Gasteiger partial charge in [-0.2, -0.15) is 0 Å². The molecule has 2 N–H and O–H groups in total. The van der Waals surface area contributed by atoms with Crippen molar-refractivity contribution in [1.29, 1.82) is 0 Å². The summed E-state index contributed by atoms with van der Waals surface area (Å²) in [5.41, 5.74) is 1.02. The third-order valence-corrected chi connectivity index (χ3v) is 11.1. The predicted molar refractivity (Wildman–Crippen MR) is 120 cm³/mol. The molecular formula is C27H48O2. The van der Waals surface area contributed by atoms with Gasteiger partial charge in [0, 0.05) is 0 Å². The lowest BCUT2D eigenvalue weighted by molar-refractivity contribution is -0.129. The lowest BCUT2D eigenvalue weighted by atomic mass is 9.44. The van der Waals surface area contributed by atoms with Crippen LogP contribution in [-0.2, 0) is 0 Å². The molecule has 0 spiro atoms. The van der Waals surface area contributed by atoms with Crippen LogP contribution in [0.1, 0.15) is 105 Å². The Hall–Kier alpha value is -0.0800. The third kappa shape index (κ3) is 3.73. The minimum absolute atomic E-state index is 0.0311. The van der Waals surface area contributed by atoms with Gasteiger partial charge in [0.05, 0.1) is 12.2 Å². The molecule has 0 aromatic rings. The summed E-state index contributed by atoms with van der Waals surface area (Å²) in [6.45, 7) is 12.0. The van der Waals surface area contributed by atoms with Gasteiger partial charge in [0.15, 0.2) is 0 Å². The lowest BCUT2D eigenvalue weighted by Gasteiger charge is -2.61. The van der Waals surface area contributed by atoms with E-state index in [1.54, 1.807) is 0 Å². The van der Waals surface area contributed by atoms with E-state index >= 15 is 0 Å². The van der Waals surface area contributed by atoms with E-state index in [4.69, 9.17) is 0 Å². The number of aliphatic hydroxyl groups excluding tert-OH is 2. The summed E-state index contributed by atoms with van der Waals surface area (Å²) in [5, 5.41) is 20.6. The van der Waals surface area contributed by atoms with E-state index in [0.29, 0.717) is 16.7 Å². The second kappa shape index (κ2) is 8.12. The van der Waals surface area contributed by atoms with Gasteiger partial charge in [-0.05, 0) is 123 Å². The van der Waals surface area contributed by atoms with E-state index in [1.807, 2.05) is 0 Å². The SMILES string of the molecule is CC(C)[C@H](O)CC[C@@H](C)[C@H]1CC[C@H]2[C@@H]3CC[C@@H]4C[C@@H](O)CC[C@]4(C)[C@H]3CC[C@]12C. The summed E-state index contributed by atoms with van der Waals surface area (Å²) in [6, 6.07) is 0. The third-order valence-electron chi connectivity index (χ3n) is 11.1. The quantitative estimate of drug-likeness (QED) is 0.553. The molecule has 0 aromatic carbocycles. The topological polar surface area (TPSA) is 40.5 Å². The summed E-state index contributed by atoms with van der Waals surface area (Å²) >= 11 is 0. The molecule has 4 saturated carbocycles. The summed E-state index contributed by atoms with van der Waals surface area (Å²) in [6.07, 6.45) is 13.9. The molecule has 4 rings (SSSR count). The summed E-state index contributed by atoms with van der Waals surface area (Å²) in [5.74, 6) is 5.51. The zero-order valence-corrected chi connectivity index (χ0v) is 19.9. The highest BCUT2D eigenvalue weighted by molar-refractivity contribution is 5.09. The van der Waals surface area contributed by atoms with Crippen LogP contribution in [0.2, 0.25) is 0 Å². The van der Waals surface area contributed by atoms with Crippen molar-refractivity contribution in [1.82, 2.24) is 0 Å². The summed E-state index contributed by atoms with van der Waals surface area (Å²) in [4.78, 5) is 0. The minimum Gasteiger partial charge on any atom is -0.393 e. The highest BCUT2D eigenvalue weighted by Crippen LogP contribution is 2.68. The molecular weight excluding hydrogens is 356 g/mol. The Labute approximate surface area is 180 Å². The molecule has 0 radical (unpaired) electrons. The first-order chi connectivity index (χ1) is 13.7. The molecule has 29 heavy (non-hydrogen) atoms. The normalized spacial score (nSPS) is 49.2. The van der Waals surface area contributed by atoms with Gasteiger partial charge >= 0.3 is 0 Å². The fourth-order valence-corrected chi connectivity index (χ4v) is 9.18. The second-order valence-corrected chi connectivity index (χ2v) is 12.7. The lowest BCUT2D eigenvalue weighted by Crippen LogP contribution is -2.54. The fraction of sp³-hybridized carbons (Fsp3) is 1.00. The van der Waals surface area contributed by atoms with E-state index < -0.39 is 0 Å². The van der Waals surface area contributed by atoms with Crippen molar-refractivity contribution in [2.45, 2.75) is 117 Å². The van der Waals surface area contributed by atoms with Crippen molar-refractivity contribution in [3.05, 3.63) is 0 Å². The molecule has 0 unspecified atom stereocenters. The van der Waals surface area contributed by atoms with Gasteiger partial charge in [-0.1, -0.05) is 34.6 Å². The van der Waals surface area contributed by atoms with E-state index in [0.717, 1.165) is 54.8 Å². The van der Waals surface area contributed by atoms with Crippen LogP contribution in [0.5, 0.6) is 0 Å². The van der Waals surface area contributed by atoms with Gasteiger partial charge in [0.2, 0.25) is 0 Å². The van der Waals surface area contributed by atoms with Gasteiger partial charge < -0.3 is 10.2 Å². The number of rotatable bonds is 5. The predicted octanol–water partition coefficient (Wildman–Crippen LogP) is 6.44. The van der Waals surface area contributed by atoms with Crippen LogP contribution in [-0.4, -0.2) is 22.4 Å². The molecule has 4 aliphatic rings. The van der Waals surface area contributed by atoms with Crippen LogP contribution in [0, 0.1) is 52.3 Å². The van der Waals surface area contributed by atoms with Gasteiger partial charge in [-0.3, -0.25) is 0 Å². The number of hydrogen-bond donors (Lipinski definition) is 2. The fourth-order valence-electron chi connectivity index (χ4n) is 9.18. The average molecular weight is 405 g/mol. The summed E-state index contributed by atoms with van der Waals surface area (Å²) in [7, 11) is 0. The average Bonchev–Trinajstić information content (AvgIpc) is 3.03. The van der Waals surface area contributed by atoms with Crippen LogP contribution < -0.4 is 0 Å². The molecule has 0 amide bonds. The number of aliphatic hydroxyl groups is 2. The van der Waals surface area contributed by atoms with Crippen LogP contribution in [0.25, 0.3) is 0 Å². The van der Waals surface area contributed by atoms with Crippen molar-refractivity contribution in [3.63, 3.8) is 0 Å². The minimum atomic E-state index is -0.130. The van der Waals surface area contributed by atoms with E-state index in [9.17, 15) is 10.2 Å². The zero-order chi connectivity index (χ0) is 21.0. The van der Waals surface area contributed by atoms with Gasteiger partial charge in [0.1, 0.15) is 0 Å². The standard InChI is InChI=1S/C27H48O2/c1-17(2)25(29)11-6-18(3)22-9-10-23-21-8-7-19-16-20(28)12-14-26(19,4)24(21)13-15-27(22,23)5/h17-25,28-29H,6-16H2,1-5H3/t18-,19-,20+,21+,22-,23+,24+,25-,26+,27-/m1/s1. The molecule has 0 heterocycles. The van der Waals surface area contributed by atoms with E-state index in [1.165, 1.54) is 51.4 Å². The first-order valence-corrected chi connectivity index (χ1v) is 13.0. The molecule has 168 valence electrons. The molecule has 0 bridgehead atoms. The first-order valence-electron chi connectivity index (χ1n) is 13.0. The Morgan fingerprint density at radius 1 is 0.828 bits per heavy atom. The highest BCUT2D eigenvalue weighted by atomic mass is 16.3. The maximum atomic E-state index is 10.3. The van der Waals surface area contributed by atoms with Crippen LogP contribution in [0.4, 0.5) is 0 Å². The van der Waals surface area contributed by atoms with Crippen LogP contribution >= 0.6 is 0 Å². The Morgan fingerprint density at radius 2 is 1.52 bits per heavy atom. The molecule has 0 aliphatic heterocycles. The molecule has 4 aliphatic carbocycles. The van der Waals surface area contributed by atoms with Crippen LogP contribution in [0.3, 0.4) is 0 Å². The molecule has 2 nitrogen and oxygen atoms in total. The molecule has 10 atom stereocenters. The Balaban J connectivity index is 1.46. The van der Waals surface area contributed by atoms with Gasteiger partial charge in [0.25, 0.3) is 0 Å². The maximum Gasteiger partial charge on any atom is 0.0563 e. The molecule has 0 saturated heterocycles.